The van der Waals surface area contributed by atoms with Gasteiger partial charge < -0.3 is 0 Å². The molecule has 96 valence electrons. The molecule has 0 spiro atoms. The van der Waals surface area contributed by atoms with Crippen molar-refractivity contribution in [2.45, 2.75) is 32.2 Å². The van der Waals surface area contributed by atoms with Crippen molar-refractivity contribution in [3.63, 3.8) is 0 Å². The number of hydrogen-bond acceptors (Lipinski definition) is 1. The summed E-state index contributed by atoms with van der Waals surface area (Å²) >= 11 is 0. The Morgan fingerprint density at radius 3 is 2.47 bits per heavy atom. The van der Waals surface area contributed by atoms with E-state index in [2.05, 4.69) is 61.5 Å². The maximum absolute atomic E-state index is 4.96. The molecule has 0 bridgehead atoms. The molecule has 0 heterocycles. The summed E-state index contributed by atoms with van der Waals surface area (Å²) in [5, 5.41) is 0. The first kappa shape index (κ1) is 12.2. The van der Waals surface area contributed by atoms with Crippen LogP contribution in [0.5, 0.6) is 0 Å². The van der Waals surface area contributed by atoms with Crippen molar-refractivity contribution in [3.8, 4) is 0 Å². The number of hydrogen-bond donors (Lipinski definition) is 0. The van der Waals surface area contributed by atoms with Crippen molar-refractivity contribution < 1.29 is 0 Å². The van der Waals surface area contributed by atoms with Crippen molar-refractivity contribution in [2.75, 3.05) is 0 Å². The third-order valence-electron chi connectivity index (χ3n) is 3.82. The lowest BCUT2D eigenvalue weighted by atomic mass is 9.90. The van der Waals surface area contributed by atoms with Crippen molar-refractivity contribution in [1.82, 2.24) is 0 Å². The molecule has 1 aliphatic rings. The first-order valence-electron chi connectivity index (χ1n) is 7.04. The molecule has 0 saturated carbocycles. The van der Waals surface area contributed by atoms with Gasteiger partial charge in [-0.1, -0.05) is 54.6 Å². The molecule has 1 nitrogen and oxygen atoms in total. The van der Waals surface area contributed by atoms with E-state index in [1.54, 1.807) is 0 Å². The van der Waals surface area contributed by atoms with E-state index >= 15 is 0 Å². The molecule has 1 heteroatoms. The fourth-order valence-corrected chi connectivity index (χ4v) is 2.77. The van der Waals surface area contributed by atoms with Gasteiger partial charge in [0.05, 0.1) is 6.04 Å². The maximum Gasteiger partial charge on any atom is 0.0724 e. The van der Waals surface area contributed by atoms with Crippen LogP contribution in [-0.4, -0.2) is 5.71 Å². The molecule has 2 aromatic carbocycles. The van der Waals surface area contributed by atoms with Gasteiger partial charge in [0.15, 0.2) is 0 Å². The van der Waals surface area contributed by atoms with Gasteiger partial charge >= 0.3 is 0 Å². The molecule has 0 N–H and O–H groups in total. The first-order chi connectivity index (χ1) is 9.34. The lowest BCUT2D eigenvalue weighted by Gasteiger charge is -2.19. The van der Waals surface area contributed by atoms with Gasteiger partial charge in [-0.2, -0.15) is 0 Å². The maximum atomic E-state index is 4.96. The second-order valence-electron chi connectivity index (χ2n) is 5.17. The number of benzene rings is 2. The quantitative estimate of drug-likeness (QED) is 0.739. The van der Waals surface area contributed by atoms with E-state index < -0.39 is 0 Å². The van der Waals surface area contributed by atoms with Crippen LogP contribution < -0.4 is 0 Å². The van der Waals surface area contributed by atoms with Crippen LogP contribution in [0.25, 0.3) is 0 Å². The van der Waals surface area contributed by atoms with E-state index in [9.17, 15) is 0 Å². The minimum absolute atomic E-state index is 0.238. The smallest absolute Gasteiger partial charge is 0.0724 e. The Labute approximate surface area is 115 Å². The number of fused-ring (bicyclic) bond motifs is 1. The van der Waals surface area contributed by atoms with E-state index in [1.165, 1.54) is 35.2 Å². The van der Waals surface area contributed by atoms with Gasteiger partial charge in [-0.15, -0.1) is 0 Å². The lowest BCUT2D eigenvalue weighted by Crippen LogP contribution is -2.12. The summed E-state index contributed by atoms with van der Waals surface area (Å²) in [4.78, 5) is 4.96. The van der Waals surface area contributed by atoms with Gasteiger partial charge in [-0.3, -0.25) is 4.99 Å². The predicted molar refractivity (Wildman–Crippen MR) is 80.8 cm³/mol. The second kappa shape index (κ2) is 5.40. The van der Waals surface area contributed by atoms with E-state index in [0.29, 0.717) is 0 Å². The van der Waals surface area contributed by atoms with Gasteiger partial charge in [0.1, 0.15) is 0 Å². The molecule has 0 unspecified atom stereocenters. The van der Waals surface area contributed by atoms with Crippen LogP contribution in [-0.2, 0) is 6.42 Å². The number of nitrogens with zero attached hydrogens (tertiary/aromatic N) is 1. The molecular formula is C18H19N. The number of rotatable bonds is 2. The Bertz CT molecular complexity index is 584. The highest BCUT2D eigenvalue weighted by Crippen LogP contribution is 2.25. The lowest BCUT2D eigenvalue weighted by molar-refractivity contribution is 0.785. The Balaban J connectivity index is 1.93. The van der Waals surface area contributed by atoms with Crippen molar-refractivity contribution in [2.24, 2.45) is 4.99 Å². The summed E-state index contributed by atoms with van der Waals surface area (Å²) < 4.78 is 0. The first-order valence-corrected chi connectivity index (χ1v) is 7.04. The van der Waals surface area contributed by atoms with Gasteiger partial charge in [0.25, 0.3) is 0 Å². The molecule has 2 aromatic rings. The highest BCUT2D eigenvalue weighted by molar-refractivity contribution is 6.02. The average molecular weight is 249 g/mol. The average Bonchev–Trinajstić information content (AvgIpc) is 2.48. The molecule has 0 fully saturated rings. The monoisotopic (exact) mass is 249 g/mol. The molecule has 1 atom stereocenters. The molecule has 1 aliphatic carbocycles. The Hall–Kier alpha value is -1.89. The molecular weight excluding hydrogens is 230 g/mol. The Kier molecular flexibility index (Phi) is 3.45. The van der Waals surface area contributed by atoms with Gasteiger partial charge in [-0.25, -0.2) is 0 Å². The Morgan fingerprint density at radius 1 is 0.895 bits per heavy atom. The van der Waals surface area contributed by atoms with E-state index in [0.717, 1.165) is 6.42 Å². The zero-order valence-electron chi connectivity index (χ0n) is 11.3. The van der Waals surface area contributed by atoms with Crippen LogP contribution >= 0.6 is 0 Å². The zero-order chi connectivity index (χ0) is 13.1. The molecule has 0 amide bonds. The summed E-state index contributed by atoms with van der Waals surface area (Å²) in [6.45, 7) is 2.18. The van der Waals surface area contributed by atoms with Crippen LogP contribution in [0.1, 0.15) is 42.5 Å². The molecule has 19 heavy (non-hydrogen) atoms. The van der Waals surface area contributed by atoms with Gasteiger partial charge in [-0.05, 0) is 42.9 Å². The van der Waals surface area contributed by atoms with Crippen LogP contribution in [0.2, 0.25) is 0 Å². The minimum Gasteiger partial charge on any atom is -0.281 e. The molecule has 0 radical (unpaired) electrons. The largest absolute Gasteiger partial charge is 0.281 e. The number of aryl methyl sites for hydroxylation is 1. The molecule has 0 saturated heterocycles. The third-order valence-corrected chi connectivity index (χ3v) is 3.82. The van der Waals surface area contributed by atoms with E-state index in [4.69, 9.17) is 4.99 Å². The molecule has 3 rings (SSSR count). The summed E-state index contributed by atoms with van der Waals surface area (Å²) in [5.41, 5.74) is 5.38. The summed E-state index contributed by atoms with van der Waals surface area (Å²) in [6.07, 6.45) is 3.51. The highest BCUT2D eigenvalue weighted by atomic mass is 14.8. The zero-order valence-corrected chi connectivity index (χ0v) is 11.3. The topological polar surface area (TPSA) is 12.4 Å². The number of aliphatic imine (C=N–C) groups is 1. The van der Waals surface area contributed by atoms with Crippen molar-refractivity contribution in [3.05, 3.63) is 71.3 Å². The van der Waals surface area contributed by atoms with Crippen molar-refractivity contribution >= 4 is 5.71 Å². The minimum atomic E-state index is 0.238. The fourth-order valence-electron chi connectivity index (χ4n) is 2.77. The summed E-state index contributed by atoms with van der Waals surface area (Å²) in [7, 11) is 0. The van der Waals surface area contributed by atoms with E-state index in [-0.39, 0.29) is 6.04 Å². The van der Waals surface area contributed by atoms with Crippen LogP contribution in [0, 0.1) is 0 Å². The standard InChI is InChI=1S/C18H19N/c1-14(15-8-3-2-4-9-15)19-18-13-7-11-16-10-5-6-12-17(16)18/h2-6,8-10,12,14H,7,11,13H2,1H3/t14-/m1/s1. The highest BCUT2D eigenvalue weighted by Gasteiger charge is 2.15. The van der Waals surface area contributed by atoms with Crippen LogP contribution in [0.3, 0.4) is 0 Å². The summed E-state index contributed by atoms with van der Waals surface area (Å²) in [6, 6.07) is 19.5. The third kappa shape index (κ3) is 2.60. The van der Waals surface area contributed by atoms with Gasteiger partial charge in [0.2, 0.25) is 0 Å². The SMILES string of the molecule is C[C@@H](N=C1CCCc2ccccc21)c1ccccc1. The van der Waals surface area contributed by atoms with Crippen molar-refractivity contribution in [1.29, 1.82) is 0 Å². The fraction of sp³-hybridized carbons (Fsp3) is 0.278. The molecule has 0 aromatic heterocycles. The summed E-state index contributed by atoms with van der Waals surface area (Å²) in [5.74, 6) is 0. The predicted octanol–water partition coefficient (Wildman–Crippen LogP) is 4.57. The Morgan fingerprint density at radius 2 is 1.63 bits per heavy atom. The van der Waals surface area contributed by atoms with Crippen LogP contribution in [0.15, 0.2) is 59.6 Å². The van der Waals surface area contributed by atoms with E-state index in [1.807, 2.05) is 0 Å². The normalized spacial score (nSPS) is 18.1. The van der Waals surface area contributed by atoms with Gasteiger partial charge in [0, 0.05) is 5.71 Å². The molecule has 0 aliphatic heterocycles. The van der Waals surface area contributed by atoms with Crippen LogP contribution in [0.4, 0.5) is 0 Å². The second-order valence-corrected chi connectivity index (χ2v) is 5.17.